The molecule has 4 aliphatic heterocycles. The number of rotatable bonds is 3. The van der Waals surface area contributed by atoms with Crippen molar-refractivity contribution < 1.29 is 19.1 Å². The first-order valence-electron chi connectivity index (χ1n) is 14.0. The van der Waals surface area contributed by atoms with E-state index in [1.165, 1.54) is 11.3 Å². The molecule has 1 N–H and O–H groups in total. The summed E-state index contributed by atoms with van der Waals surface area (Å²) in [5.41, 5.74) is 3.15. The molecule has 208 valence electrons. The van der Waals surface area contributed by atoms with Gasteiger partial charge in [0.1, 0.15) is 11.2 Å². The largest absolute Gasteiger partial charge is 0.444 e. The molecule has 0 unspecified atom stereocenters. The van der Waals surface area contributed by atoms with Crippen molar-refractivity contribution in [2.24, 2.45) is 0 Å². The van der Waals surface area contributed by atoms with Crippen LogP contribution in [0.5, 0.6) is 0 Å². The molecule has 2 aromatic rings. The van der Waals surface area contributed by atoms with Gasteiger partial charge < -0.3 is 29.2 Å². The maximum Gasteiger partial charge on any atom is 0.410 e. The van der Waals surface area contributed by atoms with E-state index in [9.17, 15) is 9.59 Å². The van der Waals surface area contributed by atoms with Gasteiger partial charge in [-0.2, -0.15) is 0 Å². The third kappa shape index (κ3) is 4.93. The lowest BCUT2D eigenvalue weighted by molar-refractivity contribution is -0.0294. The molecular formula is C30H37ClN4O4. The summed E-state index contributed by atoms with van der Waals surface area (Å²) in [7, 11) is 0. The first-order chi connectivity index (χ1) is 18.6. The van der Waals surface area contributed by atoms with Crippen molar-refractivity contribution in [2.75, 3.05) is 32.8 Å². The Kier molecular flexibility index (Phi) is 6.66. The zero-order chi connectivity index (χ0) is 27.4. The fourth-order valence-corrected chi connectivity index (χ4v) is 6.62. The van der Waals surface area contributed by atoms with Crippen molar-refractivity contribution in [2.45, 2.75) is 70.2 Å². The van der Waals surface area contributed by atoms with Gasteiger partial charge in [0.15, 0.2) is 0 Å². The number of nitrogens with zero attached hydrogens (tertiary/aromatic N) is 3. The second-order valence-corrected chi connectivity index (χ2v) is 12.5. The minimum Gasteiger partial charge on any atom is -0.444 e. The van der Waals surface area contributed by atoms with Crippen LogP contribution in [0.4, 0.5) is 4.79 Å². The Morgan fingerprint density at radius 1 is 1.21 bits per heavy atom. The molecule has 5 heterocycles. The van der Waals surface area contributed by atoms with Gasteiger partial charge in [-0.15, -0.1) is 0 Å². The van der Waals surface area contributed by atoms with Crippen LogP contribution in [0.15, 0.2) is 47.8 Å². The molecule has 2 fully saturated rings. The first-order valence-corrected chi connectivity index (χ1v) is 14.4. The molecule has 6 rings (SSSR count). The van der Waals surface area contributed by atoms with E-state index in [1.807, 2.05) is 55.0 Å². The molecule has 0 saturated carbocycles. The zero-order valence-electron chi connectivity index (χ0n) is 23.0. The lowest BCUT2D eigenvalue weighted by Gasteiger charge is -2.40. The Bertz CT molecular complexity index is 1360. The highest BCUT2D eigenvalue weighted by molar-refractivity contribution is 6.31. The van der Waals surface area contributed by atoms with Crippen LogP contribution in [0.1, 0.15) is 56.8 Å². The average Bonchev–Trinajstić information content (AvgIpc) is 3.60. The van der Waals surface area contributed by atoms with Gasteiger partial charge in [-0.1, -0.05) is 29.8 Å². The fraction of sp³-hybridized carbons (Fsp3) is 0.533. The van der Waals surface area contributed by atoms with Gasteiger partial charge >= 0.3 is 6.09 Å². The SMILES string of the molecule is CC(C)(C)OC(=O)N1CCC[C@H]1Cn1cc(C(=O)N2CCC3(CC2)OCC2=C3NCC=C2)c2ccc(Cl)cc21. The van der Waals surface area contributed by atoms with Gasteiger partial charge in [0.05, 0.1) is 23.7 Å². The van der Waals surface area contributed by atoms with Crippen LogP contribution in [-0.4, -0.2) is 76.4 Å². The van der Waals surface area contributed by atoms with Gasteiger partial charge in [-0.3, -0.25) is 4.79 Å². The molecule has 39 heavy (non-hydrogen) atoms. The number of carbonyl (C=O) groups is 2. The minimum atomic E-state index is -0.546. The Labute approximate surface area is 234 Å². The number of hydrogen-bond acceptors (Lipinski definition) is 5. The first kappa shape index (κ1) is 26.3. The number of fused-ring (bicyclic) bond motifs is 2. The van der Waals surface area contributed by atoms with Gasteiger partial charge in [0.2, 0.25) is 0 Å². The normalized spacial score (nSPS) is 22.5. The van der Waals surface area contributed by atoms with E-state index < -0.39 is 5.60 Å². The molecule has 0 radical (unpaired) electrons. The van der Waals surface area contributed by atoms with E-state index in [-0.39, 0.29) is 23.6 Å². The summed E-state index contributed by atoms with van der Waals surface area (Å²) < 4.78 is 14.0. The second kappa shape index (κ2) is 9.89. The number of halogens is 1. The number of nitrogens with one attached hydrogen (secondary N) is 1. The highest BCUT2D eigenvalue weighted by atomic mass is 35.5. The van der Waals surface area contributed by atoms with E-state index >= 15 is 0 Å². The molecule has 4 aliphatic rings. The molecule has 2 saturated heterocycles. The maximum atomic E-state index is 13.9. The Morgan fingerprint density at radius 3 is 2.77 bits per heavy atom. The fourth-order valence-electron chi connectivity index (χ4n) is 6.46. The number of piperidine rings is 1. The summed E-state index contributed by atoms with van der Waals surface area (Å²) in [5.74, 6) is 0.0232. The number of carbonyl (C=O) groups excluding carboxylic acids is 2. The number of amides is 2. The van der Waals surface area contributed by atoms with Crippen LogP contribution < -0.4 is 5.32 Å². The number of ether oxygens (including phenoxy) is 2. The van der Waals surface area contributed by atoms with E-state index in [0.29, 0.717) is 43.4 Å². The Balaban J connectivity index is 1.22. The Hall–Kier alpha value is -2.97. The number of likely N-dealkylation sites (tertiary alicyclic amines) is 2. The standard InChI is InChI=1S/C30H37ClN4O4/c1-29(2,3)39-28(37)35-13-5-7-22(35)17-34-18-24(23-9-8-21(31)16-25(23)34)27(36)33-14-10-30(11-15-33)26-20(19-38-30)6-4-12-32-26/h4,6,8-9,16,18,22,32H,5,7,10-15,17,19H2,1-3H3/t22-/m0/s1. The molecule has 0 bridgehead atoms. The molecule has 1 atom stereocenters. The van der Waals surface area contributed by atoms with Gasteiger partial charge in [-0.05, 0) is 64.2 Å². The van der Waals surface area contributed by atoms with Crippen molar-refractivity contribution in [3.05, 3.63) is 58.4 Å². The number of dihydropyridines is 1. The van der Waals surface area contributed by atoms with Crippen molar-refractivity contribution in [3.8, 4) is 0 Å². The summed E-state index contributed by atoms with van der Waals surface area (Å²) >= 11 is 6.40. The van der Waals surface area contributed by atoms with Crippen molar-refractivity contribution >= 4 is 34.5 Å². The number of aromatic nitrogens is 1. The van der Waals surface area contributed by atoms with Crippen LogP contribution in [0.25, 0.3) is 10.9 Å². The second-order valence-electron chi connectivity index (χ2n) is 12.1. The lowest BCUT2D eigenvalue weighted by atomic mass is 9.86. The molecule has 1 aromatic heterocycles. The summed E-state index contributed by atoms with van der Waals surface area (Å²) in [6, 6.07) is 5.67. The van der Waals surface area contributed by atoms with Crippen molar-refractivity contribution in [3.63, 3.8) is 0 Å². The average molecular weight is 553 g/mol. The van der Waals surface area contributed by atoms with E-state index in [0.717, 1.165) is 43.1 Å². The predicted octanol–water partition coefficient (Wildman–Crippen LogP) is 5.11. The summed E-state index contributed by atoms with van der Waals surface area (Å²) in [6.45, 7) is 9.62. The topological polar surface area (TPSA) is 76.0 Å². The van der Waals surface area contributed by atoms with Crippen LogP contribution in [0.3, 0.4) is 0 Å². The number of benzene rings is 1. The predicted molar refractivity (Wildman–Crippen MR) is 151 cm³/mol. The van der Waals surface area contributed by atoms with Gasteiger partial charge in [-0.25, -0.2) is 4.79 Å². The quantitative estimate of drug-likeness (QED) is 0.572. The summed E-state index contributed by atoms with van der Waals surface area (Å²) in [6.07, 6.45) is 9.31. The molecule has 9 heteroatoms. The number of hydrogen-bond donors (Lipinski definition) is 1. The molecule has 8 nitrogen and oxygen atoms in total. The van der Waals surface area contributed by atoms with Crippen LogP contribution in [-0.2, 0) is 16.0 Å². The van der Waals surface area contributed by atoms with E-state index in [1.54, 1.807) is 0 Å². The third-order valence-corrected chi connectivity index (χ3v) is 8.58. The van der Waals surface area contributed by atoms with Crippen molar-refractivity contribution in [1.29, 1.82) is 0 Å². The monoisotopic (exact) mass is 552 g/mol. The lowest BCUT2D eigenvalue weighted by Crippen LogP contribution is -2.50. The van der Waals surface area contributed by atoms with Crippen LogP contribution in [0.2, 0.25) is 5.02 Å². The van der Waals surface area contributed by atoms with E-state index in [4.69, 9.17) is 21.1 Å². The Morgan fingerprint density at radius 2 is 2.00 bits per heavy atom. The van der Waals surface area contributed by atoms with E-state index in [2.05, 4.69) is 22.0 Å². The zero-order valence-corrected chi connectivity index (χ0v) is 23.7. The van der Waals surface area contributed by atoms with Crippen LogP contribution >= 0.6 is 11.6 Å². The molecule has 2 amide bonds. The van der Waals surface area contributed by atoms with Gasteiger partial charge in [0.25, 0.3) is 5.91 Å². The maximum absolute atomic E-state index is 13.9. The molecule has 1 spiro atoms. The molecule has 1 aromatic carbocycles. The highest BCUT2D eigenvalue weighted by Gasteiger charge is 2.45. The molecular weight excluding hydrogens is 516 g/mol. The van der Waals surface area contributed by atoms with Gasteiger partial charge in [0, 0.05) is 55.0 Å². The van der Waals surface area contributed by atoms with Crippen LogP contribution in [0, 0.1) is 0 Å². The molecule has 0 aliphatic carbocycles. The third-order valence-electron chi connectivity index (χ3n) is 8.34. The van der Waals surface area contributed by atoms with Crippen molar-refractivity contribution in [1.82, 2.24) is 19.7 Å². The highest BCUT2D eigenvalue weighted by Crippen LogP contribution is 2.40. The summed E-state index contributed by atoms with van der Waals surface area (Å²) in [4.78, 5) is 30.5. The smallest absolute Gasteiger partial charge is 0.410 e. The minimum absolute atomic E-state index is 0.00810. The summed E-state index contributed by atoms with van der Waals surface area (Å²) in [5, 5.41) is 5.02.